The second-order valence-corrected chi connectivity index (χ2v) is 61.7. The van der Waals surface area contributed by atoms with Crippen LogP contribution in [-0.4, -0.2) is 71.2 Å². The maximum Gasteiger partial charge on any atom is 0 e. The molecule has 0 aliphatic carbocycles. The summed E-state index contributed by atoms with van der Waals surface area (Å²) in [6.07, 6.45) is 0. The Hall–Kier alpha value is 3.32. The van der Waals surface area contributed by atoms with Crippen LogP contribution in [0, 0.1) is 9.58 Å². The van der Waals surface area contributed by atoms with Crippen molar-refractivity contribution in [3.63, 3.8) is 0 Å². The first kappa shape index (κ1) is 51.9. The van der Waals surface area contributed by atoms with E-state index in [4.69, 9.17) is 0 Å². The van der Waals surface area contributed by atoms with Gasteiger partial charge in [0.05, 0.1) is 0 Å². The number of hydrogen-bond donors (Lipinski definition) is 0. The van der Waals surface area contributed by atoms with Gasteiger partial charge in [0.25, 0.3) is 0 Å². The molecular formula is C29H75AsSi7Zn2-2. The van der Waals surface area contributed by atoms with Crippen LogP contribution in [0.2, 0.25) is 134 Å². The van der Waals surface area contributed by atoms with Crippen molar-refractivity contribution in [1.29, 1.82) is 0 Å². The molecular weight excluding hydrogens is 751 g/mol. The maximum absolute atomic E-state index is 3.04. The molecule has 0 saturated heterocycles. The van der Waals surface area contributed by atoms with Crippen molar-refractivity contribution in [2.45, 2.75) is 176 Å². The van der Waals surface area contributed by atoms with Crippen molar-refractivity contribution in [2.24, 2.45) is 0 Å². The van der Waals surface area contributed by atoms with Crippen molar-refractivity contribution in [3.05, 3.63) is 9.58 Å². The molecule has 0 aromatic heterocycles. The van der Waals surface area contributed by atoms with Crippen molar-refractivity contribution in [1.82, 2.24) is 0 Å². The van der Waals surface area contributed by atoms with Crippen LogP contribution in [0.4, 0.5) is 0 Å². The Balaban J connectivity index is -0.000000145. The van der Waals surface area contributed by atoms with Crippen LogP contribution in [0.5, 0.6) is 0 Å². The minimum Gasteiger partial charge on any atom is -0.311 e. The van der Waals surface area contributed by atoms with Crippen LogP contribution >= 0.6 is 0 Å². The molecule has 10 heteroatoms. The van der Waals surface area contributed by atoms with E-state index in [0.717, 1.165) is 16.6 Å². The molecule has 0 aromatic rings. The fraction of sp³-hybridized carbons (Fsp3) is 0.931. The smallest absolute Gasteiger partial charge is 0 e. The number of rotatable bonds is 9. The Morgan fingerprint density at radius 1 is 0.333 bits per heavy atom. The van der Waals surface area contributed by atoms with E-state index in [1.165, 1.54) is 0 Å². The molecule has 0 bridgehead atoms. The van der Waals surface area contributed by atoms with Gasteiger partial charge in [-0.2, -0.15) is 0 Å². The Morgan fingerprint density at radius 3 is 0.436 bits per heavy atom. The van der Waals surface area contributed by atoms with Gasteiger partial charge in [0.15, 0.2) is 0 Å². The summed E-state index contributed by atoms with van der Waals surface area (Å²) >= 11 is 3.04. The third-order valence-corrected chi connectivity index (χ3v) is 58.6. The molecule has 0 amide bonds. The van der Waals surface area contributed by atoms with E-state index in [-0.39, 0.29) is 39.0 Å². The summed E-state index contributed by atoms with van der Waals surface area (Å²) in [5.74, 6) is 0. The maximum atomic E-state index is 3.04. The van der Waals surface area contributed by atoms with Crippen molar-refractivity contribution >= 4 is 71.2 Å². The zero-order chi connectivity index (χ0) is 31.4. The first-order valence-corrected chi connectivity index (χ1v) is 41.0. The second kappa shape index (κ2) is 18.5. The quantitative estimate of drug-likeness (QED) is 0.160. The van der Waals surface area contributed by atoms with Gasteiger partial charge < -0.3 is 9.58 Å². The SMILES string of the molecule is CC(C)[Si]([As])(C(C)C)C(C)C.C[Si](C)(C)[C-]([Si](C)(C)C)[Si](C)(C)C.C[Si](C)(C)[C-]([Si](C)(C)C)[Si](C)(C)C.[Zn].[Zn]. The van der Waals surface area contributed by atoms with E-state index in [1.54, 1.807) is 0 Å². The van der Waals surface area contributed by atoms with Gasteiger partial charge in [-0.05, 0) is 0 Å². The minimum atomic E-state index is -1.04. The van der Waals surface area contributed by atoms with Gasteiger partial charge in [0.2, 0.25) is 0 Å². The standard InChI is InChI=1S/2C10H27Si3.C9H21AsSi.2Zn/c2*1-11(2,3)10(12(4,5)6)13(7,8)9;1-7(2)11(10,8(3)4)9(5)6;;/h2*1-9H3;7-9H,1-6H3;;/q2*-1;;;. The van der Waals surface area contributed by atoms with E-state index in [9.17, 15) is 0 Å². The Bertz CT molecular complexity index is 513. The Labute approximate surface area is 292 Å². The third-order valence-electron chi connectivity index (χ3n) is 7.27. The van der Waals surface area contributed by atoms with Crippen molar-refractivity contribution < 1.29 is 39.0 Å². The summed E-state index contributed by atoms with van der Waals surface area (Å²) < 4.78 is 0. The van der Waals surface area contributed by atoms with E-state index in [2.05, 4.69) is 185 Å². The third kappa shape index (κ3) is 19.4. The summed E-state index contributed by atoms with van der Waals surface area (Å²) in [4.78, 5) is 4.12. The fourth-order valence-corrected chi connectivity index (χ4v) is 66.8. The van der Waals surface area contributed by atoms with Gasteiger partial charge in [0.1, 0.15) is 0 Å². The normalized spacial score (nSPS) is 14.0. The van der Waals surface area contributed by atoms with Gasteiger partial charge >= 0.3 is 80.9 Å². The average molecular weight is 826 g/mol. The van der Waals surface area contributed by atoms with Crippen molar-refractivity contribution in [3.8, 4) is 0 Å². The first-order valence-electron chi connectivity index (χ1n) is 15.1. The molecule has 0 fully saturated rings. The zero-order valence-electron chi connectivity index (χ0n) is 32.1. The minimum absolute atomic E-state index is 0. The zero-order valence-corrected chi connectivity index (χ0v) is 46.9. The summed E-state index contributed by atoms with van der Waals surface area (Å²) in [5.41, 5.74) is 2.67. The molecule has 0 aromatic carbocycles. The number of hydrogen-bond acceptors (Lipinski definition) is 0. The molecule has 0 saturated carbocycles. The summed E-state index contributed by atoms with van der Waals surface area (Å²) in [5, 5.41) is 0. The molecule has 39 heavy (non-hydrogen) atoms. The summed E-state index contributed by atoms with van der Waals surface area (Å²) in [6.45, 7) is 58.7. The first-order chi connectivity index (χ1) is 15.6. The van der Waals surface area contributed by atoms with Crippen LogP contribution in [0.15, 0.2) is 0 Å². The molecule has 0 nitrogen and oxygen atoms in total. The molecule has 0 heterocycles. The Morgan fingerprint density at radius 2 is 0.436 bits per heavy atom. The van der Waals surface area contributed by atoms with Crippen molar-refractivity contribution in [2.75, 3.05) is 0 Å². The molecule has 0 atom stereocenters. The molecule has 0 rings (SSSR count). The van der Waals surface area contributed by atoms with Crippen LogP contribution < -0.4 is 0 Å². The Kier molecular flexibility index (Phi) is 24.6. The van der Waals surface area contributed by atoms with E-state index >= 15 is 0 Å². The molecule has 2 radical (unpaired) electrons. The van der Waals surface area contributed by atoms with Crippen LogP contribution in [0.25, 0.3) is 0 Å². The molecule has 0 spiro atoms. The predicted molar refractivity (Wildman–Crippen MR) is 203 cm³/mol. The van der Waals surface area contributed by atoms with Crippen LogP contribution in [0.1, 0.15) is 41.5 Å². The van der Waals surface area contributed by atoms with Crippen LogP contribution in [0.3, 0.4) is 0 Å². The van der Waals surface area contributed by atoms with Crippen LogP contribution in [-0.2, 0) is 39.0 Å². The average Bonchev–Trinajstić information content (AvgIpc) is 2.44. The topological polar surface area (TPSA) is 0 Å². The molecule has 230 valence electrons. The van der Waals surface area contributed by atoms with Gasteiger partial charge in [-0.25, -0.2) is 0 Å². The van der Waals surface area contributed by atoms with Gasteiger partial charge in [0, 0.05) is 39.0 Å². The van der Waals surface area contributed by atoms with Gasteiger partial charge in [-0.3, -0.25) is 0 Å². The van der Waals surface area contributed by atoms with Gasteiger partial charge in [-0.1, -0.05) is 118 Å². The molecule has 0 N–H and O–H groups in total. The predicted octanol–water partition coefficient (Wildman–Crippen LogP) is 11.7. The summed E-state index contributed by atoms with van der Waals surface area (Å²) in [6, 6.07) is 0. The largest absolute Gasteiger partial charge is 0.311 e. The van der Waals surface area contributed by atoms with E-state index < -0.39 is 55.0 Å². The van der Waals surface area contributed by atoms with Gasteiger partial charge in [-0.15, -0.1) is 48.4 Å². The van der Waals surface area contributed by atoms with E-state index in [0.29, 0.717) is 0 Å². The molecule has 0 unspecified atom stereocenters. The fourth-order valence-electron chi connectivity index (χ4n) is 8.75. The molecule has 0 aliphatic rings. The van der Waals surface area contributed by atoms with E-state index in [1.807, 2.05) is 0 Å². The summed E-state index contributed by atoms with van der Waals surface area (Å²) in [7, 11) is -6.10. The second-order valence-electron chi connectivity index (χ2n) is 18.6. The molecule has 0 aliphatic heterocycles. The monoisotopic (exact) mass is 822 g/mol.